The maximum absolute atomic E-state index is 10.9. The van der Waals surface area contributed by atoms with Crippen molar-refractivity contribution in [3.05, 3.63) is 0 Å². The molecule has 0 spiro atoms. The predicted octanol–water partition coefficient (Wildman–Crippen LogP) is 2.53. The van der Waals surface area contributed by atoms with Gasteiger partial charge >= 0.3 is 5.97 Å². The zero-order chi connectivity index (χ0) is 11.3. The SMILES string of the molecule is CCCC1CCC(OC(C)=O)C(OC)C1. The van der Waals surface area contributed by atoms with Crippen molar-refractivity contribution in [3.63, 3.8) is 0 Å². The van der Waals surface area contributed by atoms with Crippen LogP contribution in [0.3, 0.4) is 0 Å². The highest BCUT2D eigenvalue weighted by Crippen LogP contribution is 2.31. The Morgan fingerprint density at radius 1 is 1.33 bits per heavy atom. The first-order valence-electron chi connectivity index (χ1n) is 5.87. The van der Waals surface area contributed by atoms with E-state index in [1.165, 1.54) is 19.8 Å². The topological polar surface area (TPSA) is 35.5 Å². The number of esters is 1. The van der Waals surface area contributed by atoms with Crippen LogP contribution in [0.25, 0.3) is 0 Å². The van der Waals surface area contributed by atoms with Gasteiger partial charge in [-0.1, -0.05) is 19.8 Å². The second-order valence-corrected chi connectivity index (χ2v) is 4.39. The molecule has 1 aliphatic rings. The molecule has 15 heavy (non-hydrogen) atoms. The summed E-state index contributed by atoms with van der Waals surface area (Å²) in [5.41, 5.74) is 0. The third-order valence-corrected chi connectivity index (χ3v) is 3.16. The van der Waals surface area contributed by atoms with E-state index < -0.39 is 0 Å². The third-order valence-electron chi connectivity index (χ3n) is 3.16. The Bertz CT molecular complexity index is 203. The van der Waals surface area contributed by atoms with Crippen LogP contribution in [0.4, 0.5) is 0 Å². The minimum atomic E-state index is -0.198. The summed E-state index contributed by atoms with van der Waals surface area (Å²) in [5.74, 6) is 0.544. The Labute approximate surface area is 92.1 Å². The molecule has 0 saturated heterocycles. The van der Waals surface area contributed by atoms with Crippen molar-refractivity contribution in [2.45, 2.75) is 58.2 Å². The van der Waals surface area contributed by atoms with Crippen molar-refractivity contribution >= 4 is 5.97 Å². The summed E-state index contributed by atoms with van der Waals surface area (Å²) in [4.78, 5) is 10.9. The highest BCUT2D eigenvalue weighted by atomic mass is 16.6. The van der Waals surface area contributed by atoms with E-state index in [4.69, 9.17) is 9.47 Å². The van der Waals surface area contributed by atoms with Crippen molar-refractivity contribution in [1.82, 2.24) is 0 Å². The molecule has 1 rings (SSSR count). The molecule has 1 aliphatic carbocycles. The Kier molecular flexibility index (Phi) is 5.09. The lowest BCUT2D eigenvalue weighted by atomic mass is 9.82. The fraction of sp³-hybridized carbons (Fsp3) is 0.917. The Morgan fingerprint density at radius 2 is 2.07 bits per heavy atom. The number of rotatable bonds is 4. The van der Waals surface area contributed by atoms with Gasteiger partial charge in [0.2, 0.25) is 0 Å². The first kappa shape index (κ1) is 12.5. The molecular formula is C12H22O3. The van der Waals surface area contributed by atoms with Gasteiger partial charge in [0.05, 0.1) is 6.10 Å². The van der Waals surface area contributed by atoms with E-state index in [0.29, 0.717) is 0 Å². The van der Waals surface area contributed by atoms with Gasteiger partial charge in [0, 0.05) is 14.0 Å². The monoisotopic (exact) mass is 214 g/mol. The molecule has 0 radical (unpaired) electrons. The lowest BCUT2D eigenvalue weighted by molar-refractivity contribution is -0.158. The van der Waals surface area contributed by atoms with E-state index in [2.05, 4.69) is 6.92 Å². The van der Waals surface area contributed by atoms with Crippen LogP contribution in [0.5, 0.6) is 0 Å². The average Bonchev–Trinajstić information content (AvgIpc) is 2.20. The lowest BCUT2D eigenvalue weighted by Gasteiger charge is -2.34. The molecule has 0 aromatic rings. The number of carbonyl (C=O) groups is 1. The van der Waals surface area contributed by atoms with Crippen LogP contribution < -0.4 is 0 Å². The van der Waals surface area contributed by atoms with Gasteiger partial charge in [-0.2, -0.15) is 0 Å². The third kappa shape index (κ3) is 3.82. The zero-order valence-corrected chi connectivity index (χ0v) is 9.99. The minimum absolute atomic E-state index is 0.0272. The minimum Gasteiger partial charge on any atom is -0.460 e. The number of ether oxygens (including phenoxy) is 2. The van der Waals surface area contributed by atoms with Gasteiger partial charge in [0.15, 0.2) is 0 Å². The molecule has 0 aliphatic heterocycles. The van der Waals surface area contributed by atoms with E-state index in [0.717, 1.165) is 25.2 Å². The van der Waals surface area contributed by atoms with Crippen molar-refractivity contribution in [3.8, 4) is 0 Å². The molecular weight excluding hydrogens is 192 g/mol. The Balaban J connectivity index is 2.45. The summed E-state index contributed by atoms with van der Waals surface area (Å²) in [6.45, 7) is 3.67. The molecule has 0 aromatic carbocycles. The molecule has 3 atom stereocenters. The molecule has 0 aromatic heterocycles. The van der Waals surface area contributed by atoms with E-state index in [1.54, 1.807) is 7.11 Å². The van der Waals surface area contributed by atoms with Crippen LogP contribution in [-0.2, 0) is 14.3 Å². The molecule has 1 fully saturated rings. The van der Waals surface area contributed by atoms with E-state index in [1.807, 2.05) is 0 Å². The molecule has 0 N–H and O–H groups in total. The standard InChI is InChI=1S/C12H22O3/c1-4-5-10-6-7-11(15-9(2)13)12(8-10)14-3/h10-12H,4-8H2,1-3H3. The largest absolute Gasteiger partial charge is 0.460 e. The van der Waals surface area contributed by atoms with Crippen LogP contribution in [0.1, 0.15) is 46.0 Å². The highest BCUT2D eigenvalue weighted by Gasteiger charge is 2.32. The number of methoxy groups -OCH3 is 1. The summed E-state index contributed by atoms with van der Waals surface area (Å²) in [6, 6.07) is 0. The Morgan fingerprint density at radius 3 is 2.60 bits per heavy atom. The fourth-order valence-corrected chi connectivity index (χ4v) is 2.45. The van der Waals surface area contributed by atoms with Gasteiger partial charge in [-0.25, -0.2) is 0 Å². The van der Waals surface area contributed by atoms with Crippen LogP contribution in [0.2, 0.25) is 0 Å². The maximum Gasteiger partial charge on any atom is 0.302 e. The van der Waals surface area contributed by atoms with Gasteiger partial charge < -0.3 is 9.47 Å². The first-order valence-corrected chi connectivity index (χ1v) is 5.87. The van der Waals surface area contributed by atoms with Gasteiger partial charge in [0.25, 0.3) is 0 Å². The maximum atomic E-state index is 10.9. The first-order chi connectivity index (χ1) is 7.17. The normalized spacial score (nSPS) is 31.3. The highest BCUT2D eigenvalue weighted by molar-refractivity contribution is 5.66. The number of hydrogen-bond donors (Lipinski definition) is 0. The van der Waals surface area contributed by atoms with Crippen LogP contribution in [-0.4, -0.2) is 25.3 Å². The molecule has 0 amide bonds. The van der Waals surface area contributed by atoms with Crippen molar-refractivity contribution in [1.29, 1.82) is 0 Å². The van der Waals surface area contributed by atoms with Gasteiger partial charge in [-0.3, -0.25) is 4.79 Å². The molecule has 1 saturated carbocycles. The van der Waals surface area contributed by atoms with Crippen LogP contribution in [0, 0.1) is 5.92 Å². The molecule has 88 valence electrons. The summed E-state index contributed by atoms with van der Waals surface area (Å²) in [7, 11) is 1.70. The van der Waals surface area contributed by atoms with Gasteiger partial charge in [-0.05, 0) is 25.2 Å². The smallest absolute Gasteiger partial charge is 0.302 e. The number of carbonyl (C=O) groups excluding carboxylic acids is 1. The second kappa shape index (κ2) is 6.11. The predicted molar refractivity (Wildman–Crippen MR) is 58.6 cm³/mol. The quantitative estimate of drug-likeness (QED) is 0.675. The Hall–Kier alpha value is -0.570. The van der Waals surface area contributed by atoms with E-state index in [9.17, 15) is 4.79 Å². The summed E-state index contributed by atoms with van der Waals surface area (Å²) >= 11 is 0. The summed E-state index contributed by atoms with van der Waals surface area (Å²) in [5, 5.41) is 0. The second-order valence-electron chi connectivity index (χ2n) is 4.39. The number of hydrogen-bond acceptors (Lipinski definition) is 3. The van der Waals surface area contributed by atoms with Crippen LogP contribution in [0.15, 0.2) is 0 Å². The van der Waals surface area contributed by atoms with E-state index in [-0.39, 0.29) is 18.2 Å². The molecule has 3 unspecified atom stereocenters. The van der Waals surface area contributed by atoms with Crippen molar-refractivity contribution in [2.75, 3.05) is 7.11 Å². The summed E-state index contributed by atoms with van der Waals surface area (Å²) < 4.78 is 10.7. The lowest BCUT2D eigenvalue weighted by Crippen LogP contribution is -2.38. The molecule has 0 bridgehead atoms. The van der Waals surface area contributed by atoms with Gasteiger partial charge in [-0.15, -0.1) is 0 Å². The van der Waals surface area contributed by atoms with Crippen molar-refractivity contribution < 1.29 is 14.3 Å². The fourth-order valence-electron chi connectivity index (χ4n) is 2.45. The van der Waals surface area contributed by atoms with Crippen molar-refractivity contribution in [2.24, 2.45) is 5.92 Å². The zero-order valence-electron chi connectivity index (χ0n) is 9.99. The molecule has 3 heteroatoms. The van der Waals surface area contributed by atoms with Gasteiger partial charge in [0.1, 0.15) is 6.10 Å². The summed E-state index contributed by atoms with van der Waals surface area (Å²) in [6.07, 6.45) is 5.68. The molecule has 0 heterocycles. The molecule has 3 nitrogen and oxygen atoms in total. The average molecular weight is 214 g/mol. The van der Waals surface area contributed by atoms with E-state index >= 15 is 0 Å². The van der Waals surface area contributed by atoms with Crippen LogP contribution >= 0.6 is 0 Å².